The molecular weight excluding hydrogens is 162 g/mol. The maximum Gasteiger partial charge on any atom is 0.128 e. The van der Waals surface area contributed by atoms with E-state index in [9.17, 15) is 4.79 Å². The minimum absolute atomic E-state index is 0.764. The van der Waals surface area contributed by atoms with Gasteiger partial charge in [-0.05, 0) is 25.0 Å². The van der Waals surface area contributed by atoms with Crippen LogP contribution in [0, 0.1) is 0 Å². The van der Waals surface area contributed by atoms with Gasteiger partial charge >= 0.3 is 0 Å². The molecule has 0 atom stereocenters. The van der Waals surface area contributed by atoms with Crippen molar-refractivity contribution in [1.29, 1.82) is 0 Å². The van der Waals surface area contributed by atoms with Crippen molar-refractivity contribution in [3.8, 4) is 0 Å². The van der Waals surface area contributed by atoms with Crippen molar-refractivity contribution >= 4 is 5.94 Å². The van der Waals surface area contributed by atoms with Crippen LogP contribution in [0.4, 0.5) is 0 Å². The van der Waals surface area contributed by atoms with Crippen molar-refractivity contribution in [2.45, 2.75) is 19.3 Å². The summed E-state index contributed by atoms with van der Waals surface area (Å²) in [6.07, 6.45) is 9.21. The molecule has 0 unspecified atom stereocenters. The average Bonchev–Trinajstić information content (AvgIpc) is 2.71. The molecular formula is C11H13NO. The Morgan fingerprint density at radius 3 is 2.77 bits per heavy atom. The smallest absolute Gasteiger partial charge is 0.128 e. The van der Waals surface area contributed by atoms with Crippen LogP contribution in [-0.4, -0.2) is 23.9 Å². The van der Waals surface area contributed by atoms with Gasteiger partial charge in [-0.25, -0.2) is 4.79 Å². The number of hydrogen-bond acceptors (Lipinski definition) is 2. The quantitative estimate of drug-likeness (QED) is 0.565. The molecule has 0 N–H and O–H groups in total. The molecule has 0 bridgehead atoms. The Bertz CT molecular complexity index is 302. The minimum Gasteiger partial charge on any atom is -0.375 e. The largest absolute Gasteiger partial charge is 0.375 e. The summed E-state index contributed by atoms with van der Waals surface area (Å²) < 4.78 is 0. The van der Waals surface area contributed by atoms with E-state index in [4.69, 9.17) is 0 Å². The van der Waals surface area contributed by atoms with Crippen LogP contribution in [0.3, 0.4) is 0 Å². The molecule has 0 amide bonds. The van der Waals surface area contributed by atoms with Crippen LogP contribution in [0.1, 0.15) is 19.3 Å². The summed E-state index contributed by atoms with van der Waals surface area (Å²) >= 11 is 0. The van der Waals surface area contributed by atoms with Crippen LogP contribution in [-0.2, 0) is 4.79 Å². The van der Waals surface area contributed by atoms with Gasteiger partial charge in [0.05, 0.1) is 0 Å². The predicted octanol–water partition coefficient (Wildman–Crippen LogP) is 1.68. The van der Waals surface area contributed by atoms with Gasteiger partial charge in [0, 0.05) is 30.8 Å². The third-order valence-corrected chi connectivity index (χ3v) is 2.60. The summed E-state index contributed by atoms with van der Waals surface area (Å²) in [7, 11) is 0. The lowest BCUT2D eigenvalue weighted by Gasteiger charge is -2.22. The van der Waals surface area contributed by atoms with Crippen molar-refractivity contribution < 1.29 is 4.79 Å². The van der Waals surface area contributed by atoms with Gasteiger partial charge in [0.2, 0.25) is 0 Å². The zero-order valence-corrected chi connectivity index (χ0v) is 7.62. The molecule has 0 aromatic rings. The van der Waals surface area contributed by atoms with E-state index in [1.807, 2.05) is 18.1 Å². The summed E-state index contributed by atoms with van der Waals surface area (Å²) in [4.78, 5) is 12.8. The molecule has 68 valence electrons. The van der Waals surface area contributed by atoms with E-state index in [2.05, 4.69) is 11.0 Å². The van der Waals surface area contributed by atoms with Crippen molar-refractivity contribution in [3.05, 3.63) is 29.5 Å². The Hall–Kier alpha value is -1.27. The first-order chi connectivity index (χ1) is 6.40. The van der Waals surface area contributed by atoms with Crippen LogP contribution in [0.2, 0.25) is 0 Å². The number of hydrogen-bond donors (Lipinski definition) is 0. The Morgan fingerprint density at radius 2 is 2.08 bits per heavy atom. The number of allylic oxidation sites excluding steroid dienone is 4. The maximum absolute atomic E-state index is 10.5. The first-order valence-corrected chi connectivity index (χ1v) is 4.76. The molecule has 0 radical (unpaired) electrons. The monoisotopic (exact) mass is 175 g/mol. The number of nitrogens with zero attached hydrogens (tertiary/aromatic N) is 1. The average molecular weight is 175 g/mol. The summed E-state index contributed by atoms with van der Waals surface area (Å²) in [5.74, 6) is 1.97. The molecule has 1 heterocycles. The number of rotatable bonds is 1. The van der Waals surface area contributed by atoms with Crippen molar-refractivity contribution in [3.63, 3.8) is 0 Å². The number of likely N-dealkylation sites (tertiary alicyclic amines) is 1. The second-order valence-electron chi connectivity index (χ2n) is 3.52. The Kier molecular flexibility index (Phi) is 2.33. The minimum atomic E-state index is 0.764. The molecule has 1 aliphatic heterocycles. The molecule has 0 aromatic carbocycles. The van der Waals surface area contributed by atoms with E-state index in [-0.39, 0.29) is 0 Å². The highest BCUT2D eigenvalue weighted by atomic mass is 16.1. The van der Waals surface area contributed by atoms with E-state index in [1.54, 1.807) is 0 Å². The first kappa shape index (κ1) is 8.33. The van der Waals surface area contributed by atoms with Gasteiger partial charge in [-0.2, -0.15) is 0 Å². The summed E-state index contributed by atoms with van der Waals surface area (Å²) in [5, 5.41) is 0. The summed E-state index contributed by atoms with van der Waals surface area (Å²) in [6, 6.07) is 0. The maximum atomic E-state index is 10.5. The zero-order chi connectivity index (χ0) is 9.10. The molecule has 2 heteroatoms. The fourth-order valence-corrected chi connectivity index (χ4v) is 1.88. The van der Waals surface area contributed by atoms with Gasteiger partial charge in [0.15, 0.2) is 0 Å². The van der Waals surface area contributed by atoms with Gasteiger partial charge in [-0.15, -0.1) is 0 Å². The van der Waals surface area contributed by atoms with E-state index < -0.39 is 0 Å². The van der Waals surface area contributed by atoms with E-state index in [1.165, 1.54) is 18.5 Å². The molecule has 1 fully saturated rings. The lowest BCUT2D eigenvalue weighted by atomic mass is 10.1. The van der Waals surface area contributed by atoms with Crippen molar-refractivity contribution in [1.82, 2.24) is 4.90 Å². The van der Waals surface area contributed by atoms with Gasteiger partial charge in [0.1, 0.15) is 5.94 Å². The molecule has 0 aromatic heterocycles. The van der Waals surface area contributed by atoms with E-state index in [0.29, 0.717) is 0 Å². The molecule has 0 saturated carbocycles. The molecule has 1 saturated heterocycles. The molecule has 0 spiro atoms. The fraction of sp³-hybridized carbons (Fsp3) is 0.455. The van der Waals surface area contributed by atoms with Crippen LogP contribution in [0.5, 0.6) is 0 Å². The van der Waals surface area contributed by atoms with Crippen LogP contribution >= 0.6 is 0 Å². The van der Waals surface area contributed by atoms with Gasteiger partial charge < -0.3 is 4.90 Å². The van der Waals surface area contributed by atoms with E-state index >= 15 is 0 Å². The molecule has 2 nitrogen and oxygen atoms in total. The SMILES string of the molecule is O=C=C1C=CC=C(N2CCCC2)C1. The second-order valence-corrected chi connectivity index (χ2v) is 3.52. The number of carbonyl (C=O) groups excluding carboxylic acids is 1. The lowest BCUT2D eigenvalue weighted by Crippen LogP contribution is -2.19. The van der Waals surface area contributed by atoms with Crippen molar-refractivity contribution in [2.24, 2.45) is 0 Å². The predicted molar refractivity (Wildman–Crippen MR) is 51.9 cm³/mol. The van der Waals surface area contributed by atoms with Gasteiger partial charge in [0.25, 0.3) is 0 Å². The van der Waals surface area contributed by atoms with Crippen LogP contribution < -0.4 is 0 Å². The van der Waals surface area contributed by atoms with Crippen LogP contribution in [0.25, 0.3) is 0 Å². The topological polar surface area (TPSA) is 20.3 Å². The standard InChI is InChI=1S/C11H13NO/c13-9-10-4-3-5-11(8-10)12-6-1-2-7-12/h3-5H,1-2,6-8H2. The lowest BCUT2D eigenvalue weighted by molar-refractivity contribution is 0.416. The Labute approximate surface area is 78.2 Å². The molecule has 13 heavy (non-hydrogen) atoms. The normalized spacial score (nSPS) is 21.7. The third-order valence-electron chi connectivity index (χ3n) is 2.60. The zero-order valence-electron chi connectivity index (χ0n) is 7.62. The van der Waals surface area contributed by atoms with E-state index in [0.717, 1.165) is 25.1 Å². The fourth-order valence-electron chi connectivity index (χ4n) is 1.88. The Balaban J connectivity index is 2.11. The Morgan fingerprint density at radius 1 is 1.31 bits per heavy atom. The third kappa shape index (κ3) is 1.73. The van der Waals surface area contributed by atoms with Gasteiger partial charge in [-0.3, -0.25) is 0 Å². The highest BCUT2D eigenvalue weighted by molar-refractivity contribution is 5.60. The second kappa shape index (κ2) is 3.63. The summed E-state index contributed by atoms with van der Waals surface area (Å²) in [6.45, 7) is 2.29. The first-order valence-electron chi connectivity index (χ1n) is 4.76. The summed E-state index contributed by atoms with van der Waals surface area (Å²) in [5.41, 5.74) is 2.04. The highest BCUT2D eigenvalue weighted by Gasteiger charge is 2.16. The van der Waals surface area contributed by atoms with Crippen LogP contribution in [0.15, 0.2) is 29.5 Å². The van der Waals surface area contributed by atoms with Crippen molar-refractivity contribution in [2.75, 3.05) is 13.1 Å². The molecule has 1 aliphatic carbocycles. The highest BCUT2D eigenvalue weighted by Crippen LogP contribution is 2.23. The van der Waals surface area contributed by atoms with Gasteiger partial charge in [-0.1, -0.05) is 6.08 Å². The molecule has 2 aliphatic rings. The molecule has 2 rings (SSSR count).